The molecule has 0 fully saturated rings. The molecule has 0 saturated heterocycles. The van der Waals surface area contributed by atoms with Crippen LogP contribution in [0.15, 0.2) is 34.7 Å². The van der Waals surface area contributed by atoms with Crippen molar-refractivity contribution in [2.75, 3.05) is 7.05 Å². The largest absolute Gasteiger partial charge is 0.460 e. The highest BCUT2D eigenvalue weighted by atomic mass is 35.5. The summed E-state index contributed by atoms with van der Waals surface area (Å²) in [6.07, 6.45) is 0. The molecule has 0 bridgehead atoms. The highest BCUT2D eigenvalue weighted by Gasteiger charge is 2.05. The number of halogens is 1. The zero-order valence-electron chi connectivity index (χ0n) is 9.38. The van der Waals surface area contributed by atoms with E-state index in [4.69, 9.17) is 16.0 Å². The van der Waals surface area contributed by atoms with Crippen molar-refractivity contribution in [2.45, 2.75) is 13.5 Å². The van der Waals surface area contributed by atoms with Gasteiger partial charge in [0.2, 0.25) is 0 Å². The van der Waals surface area contributed by atoms with Crippen LogP contribution >= 0.6 is 11.6 Å². The summed E-state index contributed by atoms with van der Waals surface area (Å²) < 4.78 is 5.68. The lowest BCUT2D eigenvalue weighted by atomic mass is 10.1. The van der Waals surface area contributed by atoms with Crippen LogP contribution in [0.3, 0.4) is 0 Å². The third kappa shape index (κ3) is 2.29. The third-order valence-electron chi connectivity index (χ3n) is 2.47. The summed E-state index contributed by atoms with van der Waals surface area (Å²) in [7, 11) is 1.89. The molecular formula is C13H14ClNO. The van der Waals surface area contributed by atoms with Crippen LogP contribution in [0.2, 0.25) is 5.02 Å². The lowest BCUT2D eigenvalue weighted by Crippen LogP contribution is -2.03. The molecule has 1 aromatic carbocycles. The predicted molar refractivity (Wildman–Crippen MR) is 66.7 cm³/mol. The molecule has 0 amide bonds. The molecule has 1 N–H and O–H groups in total. The fraction of sp³-hybridized carbons (Fsp3) is 0.231. The zero-order chi connectivity index (χ0) is 11.5. The molecule has 0 radical (unpaired) electrons. The Morgan fingerprint density at radius 1 is 1.25 bits per heavy atom. The van der Waals surface area contributed by atoms with Gasteiger partial charge in [-0.25, -0.2) is 0 Å². The Morgan fingerprint density at radius 3 is 2.75 bits per heavy atom. The van der Waals surface area contributed by atoms with Gasteiger partial charge in [0.05, 0.1) is 6.54 Å². The SMILES string of the molecule is CNCc1ccc(-c2ccc(C)c(Cl)c2)o1. The standard InChI is InChI=1S/C13H14ClNO/c1-9-3-4-10(7-12(9)14)13-6-5-11(16-13)8-15-2/h3-7,15H,8H2,1-2H3. The first kappa shape index (κ1) is 11.2. The Bertz CT molecular complexity index is 490. The lowest BCUT2D eigenvalue weighted by Gasteiger charge is -2.01. The molecule has 0 aliphatic carbocycles. The van der Waals surface area contributed by atoms with E-state index in [0.29, 0.717) is 0 Å². The van der Waals surface area contributed by atoms with Gasteiger partial charge in [-0.2, -0.15) is 0 Å². The van der Waals surface area contributed by atoms with E-state index >= 15 is 0 Å². The van der Waals surface area contributed by atoms with Crippen LogP contribution in [0.5, 0.6) is 0 Å². The van der Waals surface area contributed by atoms with Gasteiger partial charge in [0, 0.05) is 10.6 Å². The summed E-state index contributed by atoms with van der Waals surface area (Å²) in [5.41, 5.74) is 2.09. The van der Waals surface area contributed by atoms with Crippen LogP contribution in [0, 0.1) is 6.92 Å². The molecule has 0 atom stereocenters. The number of hydrogen-bond donors (Lipinski definition) is 1. The van der Waals surface area contributed by atoms with E-state index in [0.717, 1.165) is 34.2 Å². The van der Waals surface area contributed by atoms with Crippen molar-refractivity contribution in [3.05, 3.63) is 46.7 Å². The van der Waals surface area contributed by atoms with Gasteiger partial charge in [0.15, 0.2) is 0 Å². The van der Waals surface area contributed by atoms with Crippen molar-refractivity contribution in [1.82, 2.24) is 5.32 Å². The monoisotopic (exact) mass is 235 g/mol. The average Bonchev–Trinajstić information content (AvgIpc) is 2.71. The van der Waals surface area contributed by atoms with E-state index in [9.17, 15) is 0 Å². The number of rotatable bonds is 3. The fourth-order valence-corrected chi connectivity index (χ4v) is 1.73. The topological polar surface area (TPSA) is 25.2 Å². The molecule has 0 spiro atoms. The van der Waals surface area contributed by atoms with E-state index in [1.165, 1.54) is 0 Å². The predicted octanol–water partition coefficient (Wildman–Crippen LogP) is 3.63. The first-order valence-electron chi connectivity index (χ1n) is 5.20. The van der Waals surface area contributed by atoms with Crippen LogP contribution in [0.25, 0.3) is 11.3 Å². The Kier molecular flexibility index (Phi) is 3.32. The summed E-state index contributed by atoms with van der Waals surface area (Å²) in [5, 5.41) is 3.82. The van der Waals surface area contributed by atoms with Gasteiger partial charge in [0.25, 0.3) is 0 Å². The van der Waals surface area contributed by atoms with E-state index in [2.05, 4.69) is 5.32 Å². The molecule has 1 heterocycles. The summed E-state index contributed by atoms with van der Waals surface area (Å²) in [5.74, 6) is 1.78. The second-order valence-electron chi connectivity index (χ2n) is 3.76. The van der Waals surface area contributed by atoms with Crippen molar-refractivity contribution < 1.29 is 4.42 Å². The number of aryl methyl sites for hydroxylation is 1. The molecule has 0 saturated carbocycles. The van der Waals surface area contributed by atoms with Crippen LogP contribution in [-0.4, -0.2) is 7.05 Å². The Hall–Kier alpha value is -1.25. The molecule has 2 rings (SSSR count). The molecular weight excluding hydrogens is 222 g/mol. The fourth-order valence-electron chi connectivity index (χ4n) is 1.55. The molecule has 1 aromatic heterocycles. The van der Waals surface area contributed by atoms with Crippen LogP contribution in [0.1, 0.15) is 11.3 Å². The number of hydrogen-bond acceptors (Lipinski definition) is 2. The van der Waals surface area contributed by atoms with E-state index < -0.39 is 0 Å². The Balaban J connectivity index is 2.31. The minimum absolute atomic E-state index is 0.736. The van der Waals surface area contributed by atoms with E-state index in [1.807, 2.05) is 44.3 Å². The van der Waals surface area contributed by atoms with Gasteiger partial charge >= 0.3 is 0 Å². The van der Waals surface area contributed by atoms with Crippen molar-refractivity contribution >= 4 is 11.6 Å². The summed E-state index contributed by atoms with van der Waals surface area (Å²) in [6.45, 7) is 2.72. The van der Waals surface area contributed by atoms with Gasteiger partial charge in [-0.15, -0.1) is 0 Å². The zero-order valence-corrected chi connectivity index (χ0v) is 10.1. The minimum atomic E-state index is 0.736. The number of furan rings is 1. The molecule has 16 heavy (non-hydrogen) atoms. The van der Waals surface area contributed by atoms with Crippen molar-refractivity contribution in [3.8, 4) is 11.3 Å². The molecule has 0 aliphatic heterocycles. The van der Waals surface area contributed by atoms with Gasteiger partial charge in [0.1, 0.15) is 11.5 Å². The molecule has 0 unspecified atom stereocenters. The van der Waals surface area contributed by atoms with Gasteiger partial charge in [-0.3, -0.25) is 0 Å². The molecule has 0 aliphatic rings. The maximum atomic E-state index is 6.08. The first-order chi connectivity index (χ1) is 7.70. The van der Waals surface area contributed by atoms with Gasteiger partial charge < -0.3 is 9.73 Å². The normalized spacial score (nSPS) is 10.7. The van der Waals surface area contributed by atoms with Crippen LogP contribution in [-0.2, 0) is 6.54 Å². The lowest BCUT2D eigenvalue weighted by molar-refractivity contribution is 0.507. The maximum Gasteiger partial charge on any atom is 0.134 e. The highest BCUT2D eigenvalue weighted by molar-refractivity contribution is 6.31. The summed E-state index contributed by atoms with van der Waals surface area (Å²) in [6, 6.07) is 9.88. The molecule has 3 heteroatoms. The van der Waals surface area contributed by atoms with E-state index in [1.54, 1.807) is 0 Å². The van der Waals surface area contributed by atoms with Gasteiger partial charge in [-0.05, 0) is 37.7 Å². The van der Waals surface area contributed by atoms with Crippen molar-refractivity contribution in [1.29, 1.82) is 0 Å². The molecule has 2 aromatic rings. The van der Waals surface area contributed by atoms with Crippen molar-refractivity contribution in [3.63, 3.8) is 0 Å². The summed E-state index contributed by atoms with van der Waals surface area (Å²) in [4.78, 5) is 0. The second kappa shape index (κ2) is 4.73. The Labute approximate surface area is 100 Å². The first-order valence-corrected chi connectivity index (χ1v) is 5.58. The number of nitrogens with one attached hydrogen (secondary N) is 1. The summed E-state index contributed by atoms with van der Waals surface area (Å²) >= 11 is 6.08. The molecule has 2 nitrogen and oxygen atoms in total. The quantitative estimate of drug-likeness (QED) is 0.879. The second-order valence-corrected chi connectivity index (χ2v) is 4.17. The highest BCUT2D eigenvalue weighted by Crippen LogP contribution is 2.26. The third-order valence-corrected chi connectivity index (χ3v) is 2.88. The Morgan fingerprint density at radius 2 is 2.06 bits per heavy atom. The van der Waals surface area contributed by atoms with E-state index in [-0.39, 0.29) is 0 Å². The average molecular weight is 236 g/mol. The minimum Gasteiger partial charge on any atom is -0.460 e. The molecule has 84 valence electrons. The van der Waals surface area contributed by atoms with Gasteiger partial charge in [-0.1, -0.05) is 23.7 Å². The smallest absolute Gasteiger partial charge is 0.134 e. The van der Waals surface area contributed by atoms with Crippen LogP contribution < -0.4 is 5.32 Å². The van der Waals surface area contributed by atoms with Crippen molar-refractivity contribution in [2.24, 2.45) is 0 Å². The van der Waals surface area contributed by atoms with Crippen LogP contribution in [0.4, 0.5) is 0 Å². The number of benzene rings is 1. The maximum absolute atomic E-state index is 6.08.